The zero-order chi connectivity index (χ0) is 9.95. The normalized spacial score (nSPS) is 33.1. The highest BCUT2D eigenvalue weighted by molar-refractivity contribution is 6.33. The van der Waals surface area contributed by atoms with Gasteiger partial charge in [0.1, 0.15) is 0 Å². The van der Waals surface area contributed by atoms with Crippen molar-refractivity contribution in [3.63, 3.8) is 0 Å². The zero-order valence-corrected chi connectivity index (χ0v) is 10.4. The minimum atomic E-state index is -0.571. The molecule has 0 aliphatic heterocycles. The van der Waals surface area contributed by atoms with Crippen LogP contribution in [0.5, 0.6) is 0 Å². The Morgan fingerprint density at radius 1 is 1.23 bits per heavy atom. The topological polar surface area (TPSA) is 9.23 Å². The lowest BCUT2D eigenvalue weighted by molar-refractivity contribution is 0.157. The quantitative estimate of drug-likeness (QED) is 0.487. The Labute approximate surface area is 84.2 Å². The van der Waals surface area contributed by atoms with Crippen LogP contribution in [0, 0.1) is 17.9 Å². The molecule has 0 radical (unpaired) electrons. The van der Waals surface area contributed by atoms with Crippen LogP contribution in [0.4, 0.5) is 0 Å². The summed E-state index contributed by atoms with van der Waals surface area (Å²) in [5.74, 6) is 0. The second-order valence-corrected chi connectivity index (χ2v) is 7.20. The van der Waals surface area contributed by atoms with E-state index in [2.05, 4.69) is 26.9 Å². The molecule has 0 aromatic rings. The molecule has 13 heavy (non-hydrogen) atoms. The van der Waals surface area contributed by atoms with Crippen LogP contribution in [-0.2, 0) is 4.43 Å². The maximum Gasteiger partial charge on any atom is 0.241 e. The van der Waals surface area contributed by atoms with Gasteiger partial charge >= 0.3 is 0 Å². The van der Waals surface area contributed by atoms with E-state index in [9.17, 15) is 0 Å². The summed E-state index contributed by atoms with van der Waals surface area (Å²) in [5, 5.41) is 0.400. The van der Waals surface area contributed by atoms with Crippen molar-refractivity contribution in [1.29, 1.82) is 0 Å². The van der Waals surface area contributed by atoms with Gasteiger partial charge in [0.2, 0.25) is 9.76 Å². The molecule has 0 bridgehead atoms. The highest BCUT2D eigenvalue weighted by atomic mass is 28.2. The molecule has 0 heterocycles. The van der Waals surface area contributed by atoms with Crippen LogP contribution in [-0.4, -0.2) is 9.76 Å². The highest BCUT2D eigenvalue weighted by Gasteiger charge is 2.43. The van der Waals surface area contributed by atoms with Gasteiger partial charge in [0.05, 0.1) is 6.11 Å². The predicted molar refractivity (Wildman–Crippen MR) is 59.1 cm³/mol. The van der Waals surface area contributed by atoms with E-state index in [1.54, 1.807) is 0 Å². The molecule has 1 aliphatic carbocycles. The van der Waals surface area contributed by atoms with Crippen molar-refractivity contribution in [2.24, 2.45) is 5.41 Å². The summed E-state index contributed by atoms with van der Waals surface area (Å²) >= 11 is 0. The third-order valence-corrected chi connectivity index (χ3v) is 6.15. The monoisotopic (exact) mass is 196 g/mol. The van der Waals surface area contributed by atoms with Crippen LogP contribution in [0.1, 0.15) is 46.5 Å². The Morgan fingerprint density at radius 2 is 1.85 bits per heavy atom. The number of rotatable bonds is 2. The van der Waals surface area contributed by atoms with E-state index >= 15 is 0 Å². The molecule has 0 amide bonds. The van der Waals surface area contributed by atoms with Crippen LogP contribution in [0.3, 0.4) is 0 Å². The number of terminal acetylenes is 1. The first-order chi connectivity index (χ1) is 6.02. The van der Waals surface area contributed by atoms with Gasteiger partial charge in [-0.15, -0.1) is 0 Å². The predicted octanol–water partition coefficient (Wildman–Crippen LogP) is 2.46. The van der Waals surface area contributed by atoms with E-state index in [-0.39, 0.29) is 0 Å². The van der Waals surface area contributed by atoms with Crippen LogP contribution >= 0.6 is 0 Å². The van der Waals surface area contributed by atoms with E-state index in [4.69, 9.17) is 10.8 Å². The molecular formula is C11H20OSi. The van der Waals surface area contributed by atoms with Gasteiger partial charge in [-0.05, 0) is 23.3 Å². The molecule has 0 aromatic heterocycles. The van der Waals surface area contributed by atoms with Crippen LogP contribution in [0.2, 0.25) is 5.04 Å². The summed E-state index contributed by atoms with van der Waals surface area (Å²) in [6.45, 7) is 7.08. The maximum atomic E-state index is 5.28. The van der Waals surface area contributed by atoms with Gasteiger partial charge in [-0.1, -0.05) is 40.0 Å². The summed E-state index contributed by atoms with van der Waals surface area (Å²) in [4.78, 5) is 0. The van der Waals surface area contributed by atoms with Gasteiger partial charge in [-0.25, -0.2) is 0 Å². The van der Waals surface area contributed by atoms with Crippen molar-refractivity contribution in [3.8, 4) is 12.5 Å². The first kappa shape index (κ1) is 10.7. The van der Waals surface area contributed by atoms with Crippen molar-refractivity contribution >= 4 is 9.76 Å². The summed E-state index contributed by atoms with van der Waals surface area (Å²) in [7, 11) is -0.571. The smallest absolute Gasteiger partial charge is 0.241 e. The second-order valence-electron chi connectivity index (χ2n) is 5.06. The molecule has 74 valence electrons. The maximum absolute atomic E-state index is 5.28. The molecule has 1 nitrogen and oxygen atoms in total. The van der Waals surface area contributed by atoms with Gasteiger partial charge in [0.15, 0.2) is 0 Å². The van der Waals surface area contributed by atoms with Crippen LogP contribution in [0.15, 0.2) is 0 Å². The Morgan fingerprint density at radius 3 is 2.38 bits per heavy atom. The van der Waals surface area contributed by atoms with Gasteiger partial charge in [-0.3, -0.25) is 0 Å². The lowest BCUT2D eigenvalue weighted by Crippen LogP contribution is -2.37. The van der Waals surface area contributed by atoms with Crippen molar-refractivity contribution in [2.75, 3.05) is 0 Å². The summed E-state index contributed by atoms with van der Waals surface area (Å²) in [6, 6.07) is 0. The molecule has 2 heteroatoms. The van der Waals surface area contributed by atoms with Crippen LogP contribution < -0.4 is 0 Å². The fraction of sp³-hybridized carbons (Fsp3) is 0.818. The lowest BCUT2D eigenvalue weighted by Gasteiger charge is -2.46. The molecule has 1 aliphatic rings. The lowest BCUT2D eigenvalue weighted by atomic mass is 9.69. The molecule has 1 unspecified atom stereocenters. The molecule has 1 rings (SSSR count). The fourth-order valence-electron chi connectivity index (χ4n) is 2.19. The van der Waals surface area contributed by atoms with Crippen molar-refractivity contribution < 1.29 is 4.43 Å². The van der Waals surface area contributed by atoms with E-state index < -0.39 is 9.76 Å². The SMILES string of the molecule is C#CO[SiH2]C1(C)CCCCC1(C)C. The zero-order valence-electron chi connectivity index (χ0n) is 9.02. The molecule has 1 fully saturated rings. The first-order valence-electron chi connectivity index (χ1n) is 5.09. The largest absolute Gasteiger partial charge is 0.508 e. The van der Waals surface area contributed by atoms with Gasteiger partial charge in [0.25, 0.3) is 0 Å². The molecule has 1 atom stereocenters. The molecule has 1 saturated carbocycles. The number of hydrogen-bond donors (Lipinski definition) is 0. The molecule has 0 spiro atoms. The first-order valence-corrected chi connectivity index (χ1v) is 6.38. The summed E-state index contributed by atoms with van der Waals surface area (Å²) < 4.78 is 5.28. The Kier molecular flexibility index (Phi) is 3.08. The van der Waals surface area contributed by atoms with Crippen molar-refractivity contribution in [1.82, 2.24) is 0 Å². The highest BCUT2D eigenvalue weighted by Crippen LogP contribution is 2.54. The van der Waals surface area contributed by atoms with E-state index in [1.807, 2.05) is 0 Å². The Hall–Kier alpha value is -0.423. The molecule has 0 N–H and O–H groups in total. The summed E-state index contributed by atoms with van der Waals surface area (Å²) in [6.07, 6.45) is 12.8. The third kappa shape index (κ3) is 2.08. The minimum Gasteiger partial charge on any atom is -0.508 e. The standard InChI is InChI=1S/C11H20OSi/c1-5-12-13-11(4)9-7-6-8-10(11,2)3/h1H,6-9,13H2,2-4H3. The van der Waals surface area contributed by atoms with Gasteiger partial charge < -0.3 is 4.43 Å². The van der Waals surface area contributed by atoms with Gasteiger partial charge in [0, 0.05) is 0 Å². The second kappa shape index (κ2) is 3.75. The fourth-order valence-corrected chi connectivity index (χ4v) is 3.55. The van der Waals surface area contributed by atoms with E-state index in [1.165, 1.54) is 25.7 Å². The number of hydrogen-bond acceptors (Lipinski definition) is 1. The Bertz CT molecular complexity index is 217. The van der Waals surface area contributed by atoms with Crippen LogP contribution in [0.25, 0.3) is 0 Å². The molecular weight excluding hydrogens is 176 g/mol. The average Bonchev–Trinajstić information content (AvgIpc) is 2.07. The van der Waals surface area contributed by atoms with Gasteiger partial charge in [-0.2, -0.15) is 0 Å². The Balaban J connectivity index is 2.67. The summed E-state index contributed by atoms with van der Waals surface area (Å²) in [5.41, 5.74) is 0.425. The van der Waals surface area contributed by atoms with E-state index in [0.29, 0.717) is 10.5 Å². The molecule has 0 saturated heterocycles. The van der Waals surface area contributed by atoms with Crippen molar-refractivity contribution in [3.05, 3.63) is 0 Å². The van der Waals surface area contributed by atoms with Crippen molar-refractivity contribution in [2.45, 2.75) is 51.5 Å². The van der Waals surface area contributed by atoms with E-state index in [0.717, 1.165) is 0 Å². The third-order valence-electron chi connectivity index (χ3n) is 3.89. The minimum absolute atomic E-state index is 0.400. The average molecular weight is 196 g/mol. The molecule has 0 aromatic carbocycles.